The van der Waals surface area contributed by atoms with Crippen LogP contribution in [0.2, 0.25) is 5.02 Å². The number of nitrogens with one attached hydrogen (secondary N) is 1. The third-order valence-corrected chi connectivity index (χ3v) is 6.24. The van der Waals surface area contributed by atoms with Crippen molar-refractivity contribution in [2.75, 3.05) is 44.2 Å². The zero-order valence-electron chi connectivity index (χ0n) is 19.0. The molecule has 10 heteroatoms. The van der Waals surface area contributed by atoms with E-state index in [1.54, 1.807) is 13.8 Å². The van der Waals surface area contributed by atoms with Crippen LogP contribution in [0.5, 0.6) is 0 Å². The summed E-state index contributed by atoms with van der Waals surface area (Å²) in [7, 11) is 0. The Kier molecular flexibility index (Phi) is 7.29. The second kappa shape index (κ2) is 10.4. The first kappa shape index (κ1) is 23.3. The van der Waals surface area contributed by atoms with Gasteiger partial charge in [-0.05, 0) is 45.0 Å². The summed E-state index contributed by atoms with van der Waals surface area (Å²) in [5.74, 6) is 0.478. The second-order valence-corrected chi connectivity index (χ2v) is 8.77. The largest absolute Gasteiger partial charge is 0.369 e. The van der Waals surface area contributed by atoms with Crippen molar-refractivity contribution in [3.05, 3.63) is 51.1 Å². The molecule has 33 heavy (non-hydrogen) atoms. The Hall–Kier alpha value is -2.91. The minimum atomic E-state index is -0.336. The van der Waals surface area contributed by atoms with Crippen molar-refractivity contribution in [1.29, 1.82) is 0 Å². The molecular formula is C23H29ClN6O3. The lowest BCUT2D eigenvalue weighted by atomic mass is 10.2. The van der Waals surface area contributed by atoms with Crippen LogP contribution < -0.4 is 15.8 Å². The van der Waals surface area contributed by atoms with Gasteiger partial charge in [0.25, 0.3) is 5.56 Å². The number of aromatic nitrogens is 3. The van der Waals surface area contributed by atoms with E-state index in [0.717, 1.165) is 49.9 Å². The Morgan fingerprint density at radius 2 is 1.97 bits per heavy atom. The first-order valence-corrected chi connectivity index (χ1v) is 11.6. The highest BCUT2D eigenvalue weighted by atomic mass is 35.5. The first-order chi connectivity index (χ1) is 15.9. The van der Waals surface area contributed by atoms with Gasteiger partial charge in [0.2, 0.25) is 5.91 Å². The zero-order valence-corrected chi connectivity index (χ0v) is 19.8. The molecule has 9 nitrogen and oxygen atoms in total. The maximum Gasteiger partial charge on any atom is 0.296 e. The molecule has 3 aromatic rings. The van der Waals surface area contributed by atoms with Crippen LogP contribution >= 0.6 is 11.6 Å². The molecule has 0 aliphatic carbocycles. The Bertz CT molecular complexity index is 1180. The predicted octanol–water partition coefficient (Wildman–Crippen LogP) is 2.37. The summed E-state index contributed by atoms with van der Waals surface area (Å²) < 4.78 is 6.40. The van der Waals surface area contributed by atoms with Crippen molar-refractivity contribution in [2.24, 2.45) is 0 Å². The summed E-state index contributed by atoms with van der Waals surface area (Å²) in [5.41, 5.74) is 1.75. The van der Waals surface area contributed by atoms with E-state index in [1.165, 1.54) is 4.68 Å². The Balaban J connectivity index is 1.16. The van der Waals surface area contributed by atoms with Gasteiger partial charge in [-0.25, -0.2) is 4.68 Å². The van der Waals surface area contributed by atoms with Crippen molar-refractivity contribution in [1.82, 2.24) is 25.2 Å². The van der Waals surface area contributed by atoms with Crippen molar-refractivity contribution in [3.63, 3.8) is 0 Å². The molecule has 1 amide bonds. The Morgan fingerprint density at radius 1 is 1.18 bits per heavy atom. The summed E-state index contributed by atoms with van der Waals surface area (Å²) in [6, 6.07) is 7.96. The highest BCUT2D eigenvalue weighted by molar-refractivity contribution is 6.30. The van der Waals surface area contributed by atoms with Crippen LogP contribution in [0.3, 0.4) is 0 Å². The van der Waals surface area contributed by atoms with Gasteiger partial charge in [-0.2, -0.15) is 5.10 Å². The number of fused-ring (bicyclic) bond motifs is 1. The SMILES string of the molecule is Cc1nn(CCC(=O)NCCCN2CCN(c3cccc(Cl)c3)CC2)c(=O)c2noc(C)c12. The summed E-state index contributed by atoms with van der Waals surface area (Å²) in [5, 5.41) is 12.5. The number of carbonyl (C=O) groups is 1. The van der Waals surface area contributed by atoms with Gasteiger partial charge in [-0.3, -0.25) is 14.5 Å². The molecule has 1 aliphatic heterocycles. The van der Waals surface area contributed by atoms with E-state index in [1.807, 2.05) is 18.2 Å². The maximum atomic E-state index is 12.5. The average Bonchev–Trinajstić information content (AvgIpc) is 3.21. The summed E-state index contributed by atoms with van der Waals surface area (Å²) in [4.78, 5) is 29.5. The molecule has 3 heterocycles. The van der Waals surface area contributed by atoms with Crippen LogP contribution in [-0.2, 0) is 11.3 Å². The molecule has 1 saturated heterocycles. The molecule has 0 saturated carbocycles. The molecular weight excluding hydrogens is 444 g/mol. The van der Waals surface area contributed by atoms with Crippen LogP contribution in [0.25, 0.3) is 10.9 Å². The van der Waals surface area contributed by atoms with Gasteiger partial charge >= 0.3 is 0 Å². The number of carbonyl (C=O) groups excluding carboxylic acids is 1. The summed E-state index contributed by atoms with van der Waals surface area (Å²) >= 11 is 6.10. The molecule has 0 radical (unpaired) electrons. The van der Waals surface area contributed by atoms with Gasteiger partial charge in [0.15, 0.2) is 5.52 Å². The minimum Gasteiger partial charge on any atom is -0.369 e. The first-order valence-electron chi connectivity index (χ1n) is 11.3. The van der Waals surface area contributed by atoms with E-state index in [-0.39, 0.29) is 29.9 Å². The lowest BCUT2D eigenvalue weighted by Gasteiger charge is -2.36. The number of anilines is 1. The fourth-order valence-electron chi connectivity index (χ4n) is 4.22. The highest BCUT2D eigenvalue weighted by Crippen LogP contribution is 2.21. The van der Waals surface area contributed by atoms with Crippen molar-refractivity contribution in [3.8, 4) is 0 Å². The quantitative estimate of drug-likeness (QED) is 0.503. The lowest BCUT2D eigenvalue weighted by Crippen LogP contribution is -2.47. The van der Waals surface area contributed by atoms with Crippen LogP contribution in [0.4, 0.5) is 5.69 Å². The van der Waals surface area contributed by atoms with E-state index in [9.17, 15) is 9.59 Å². The molecule has 0 bridgehead atoms. The molecule has 1 aromatic carbocycles. The summed E-state index contributed by atoms with van der Waals surface area (Å²) in [6.07, 6.45) is 1.07. The van der Waals surface area contributed by atoms with Crippen LogP contribution in [0.15, 0.2) is 33.6 Å². The number of amides is 1. The molecule has 0 atom stereocenters. The van der Waals surface area contributed by atoms with Crippen molar-refractivity contribution in [2.45, 2.75) is 33.2 Å². The van der Waals surface area contributed by atoms with E-state index in [0.29, 0.717) is 23.4 Å². The molecule has 0 spiro atoms. The number of hydrogen-bond acceptors (Lipinski definition) is 7. The third kappa shape index (κ3) is 5.54. The normalized spacial score (nSPS) is 14.7. The van der Waals surface area contributed by atoms with Gasteiger partial charge < -0.3 is 14.7 Å². The van der Waals surface area contributed by atoms with Gasteiger partial charge in [0.1, 0.15) is 5.76 Å². The van der Waals surface area contributed by atoms with E-state index >= 15 is 0 Å². The van der Waals surface area contributed by atoms with Crippen molar-refractivity contribution >= 4 is 34.1 Å². The van der Waals surface area contributed by atoms with E-state index in [2.05, 4.69) is 31.4 Å². The number of rotatable bonds is 8. The number of aryl methyl sites for hydroxylation is 3. The van der Waals surface area contributed by atoms with Crippen LogP contribution in [0, 0.1) is 13.8 Å². The number of benzene rings is 1. The number of hydrogen-bond donors (Lipinski definition) is 1. The number of halogens is 1. The zero-order chi connectivity index (χ0) is 23.4. The molecule has 1 fully saturated rings. The fourth-order valence-corrected chi connectivity index (χ4v) is 4.41. The number of nitrogens with zero attached hydrogens (tertiary/aromatic N) is 5. The Labute approximate surface area is 197 Å². The monoisotopic (exact) mass is 472 g/mol. The average molecular weight is 473 g/mol. The van der Waals surface area contributed by atoms with Gasteiger partial charge in [0, 0.05) is 49.9 Å². The standard InChI is InChI=1S/C23H29ClN6O3/c1-16-21-17(2)33-27-22(21)23(32)30(26-16)10-7-20(31)25-8-4-9-28-11-13-29(14-12-28)19-6-3-5-18(24)15-19/h3,5-6,15H,4,7-14H2,1-2H3,(H,25,31). The number of piperazine rings is 1. The third-order valence-electron chi connectivity index (χ3n) is 6.00. The Morgan fingerprint density at radius 3 is 2.73 bits per heavy atom. The fraction of sp³-hybridized carbons (Fsp3) is 0.478. The second-order valence-electron chi connectivity index (χ2n) is 8.34. The van der Waals surface area contributed by atoms with Crippen LogP contribution in [0.1, 0.15) is 24.3 Å². The molecule has 176 valence electrons. The topological polar surface area (TPSA) is 96.5 Å². The van der Waals surface area contributed by atoms with Gasteiger partial charge in [-0.15, -0.1) is 0 Å². The van der Waals surface area contributed by atoms with E-state index < -0.39 is 0 Å². The minimum absolute atomic E-state index is 0.0939. The molecule has 2 aromatic heterocycles. The van der Waals surface area contributed by atoms with Crippen molar-refractivity contribution < 1.29 is 9.32 Å². The predicted molar refractivity (Wildman–Crippen MR) is 128 cm³/mol. The molecule has 4 rings (SSSR count). The molecule has 0 unspecified atom stereocenters. The van der Waals surface area contributed by atoms with E-state index in [4.69, 9.17) is 16.1 Å². The van der Waals surface area contributed by atoms with Crippen LogP contribution in [-0.4, -0.2) is 65.0 Å². The highest BCUT2D eigenvalue weighted by Gasteiger charge is 2.18. The lowest BCUT2D eigenvalue weighted by molar-refractivity contribution is -0.121. The smallest absolute Gasteiger partial charge is 0.296 e. The maximum absolute atomic E-state index is 12.5. The molecule has 1 N–H and O–H groups in total. The molecule has 1 aliphatic rings. The van der Waals surface area contributed by atoms with Gasteiger partial charge in [-0.1, -0.05) is 22.8 Å². The summed E-state index contributed by atoms with van der Waals surface area (Å²) in [6.45, 7) is 9.20. The van der Waals surface area contributed by atoms with Gasteiger partial charge in [0.05, 0.1) is 17.6 Å².